The topological polar surface area (TPSA) is 188 Å². The molecule has 0 rings (SSSR count). The smallest absolute Gasteiger partial charge is 0.326 e. The van der Waals surface area contributed by atoms with Crippen LogP contribution in [0.1, 0.15) is 40.0 Å². The van der Waals surface area contributed by atoms with Crippen molar-refractivity contribution in [1.82, 2.24) is 16.0 Å². The minimum Gasteiger partial charge on any atom is -0.481 e. The number of nitrogens with one attached hydrogen (secondary N) is 3. The van der Waals surface area contributed by atoms with E-state index in [0.717, 1.165) is 0 Å². The lowest BCUT2D eigenvalue weighted by molar-refractivity contribution is -0.147. The van der Waals surface area contributed by atoms with Gasteiger partial charge in [0, 0.05) is 0 Å². The Morgan fingerprint density at radius 3 is 1.93 bits per heavy atom. The fraction of sp³-hybridized carbons (Fsp3) is 0.722. The monoisotopic (exact) mass is 448 g/mol. The zero-order valence-corrected chi connectivity index (χ0v) is 18.5. The molecule has 172 valence electrons. The van der Waals surface area contributed by atoms with Gasteiger partial charge >= 0.3 is 11.9 Å². The maximum absolute atomic E-state index is 12.5. The highest BCUT2D eigenvalue weighted by molar-refractivity contribution is 7.98. The predicted molar refractivity (Wildman–Crippen MR) is 112 cm³/mol. The van der Waals surface area contributed by atoms with Gasteiger partial charge in [-0.3, -0.25) is 19.2 Å². The summed E-state index contributed by atoms with van der Waals surface area (Å²) in [6.45, 7) is 5.03. The molecule has 11 nitrogen and oxygen atoms in total. The molecule has 0 radical (unpaired) electrons. The van der Waals surface area contributed by atoms with Gasteiger partial charge in [-0.2, -0.15) is 11.8 Å². The van der Waals surface area contributed by atoms with Gasteiger partial charge in [0.05, 0.1) is 12.5 Å². The minimum absolute atomic E-state index is 0.0336. The van der Waals surface area contributed by atoms with Gasteiger partial charge < -0.3 is 31.9 Å². The van der Waals surface area contributed by atoms with Crippen LogP contribution >= 0.6 is 11.8 Å². The third-order valence-electron chi connectivity index (χ3n) is 4.06. The molecule has 0 heterocycles. The summed E-state index contributed by atoms with van der Waals surface area (Å²) in [5.74, 6) is -4.20. The summed E-state index contributed by atoms with van der Waals surface area (Å²) in [6, 6.07) is -4.48. The molecule has 0 saturated heterocycles. The number of thioether (sulfide) groups is 1. The van der Waals surface area contributed by atoms with Crippen LogP contribution in [0.2, 0.25) is 0 Å². The van der Waals surface area contributed by atoms with Gasteiger partial charge in [-0.25, -0.2) is 4.79 Å². The molecule has 0 aliphatic heterocycles. The van der Waals surface area contributed by atoms with Crippen LogP contribution in [0.5, 0.6) is 0 Å². The Balaban J connectivity index is 5.07. The van der Waals surface area contributed by atoms with Gasteiger partial charge in [-0.05, 0) is 37.7 Å². The first-order valence-corrected chi connectivity index (χ1v) is 10.9. The molecule has 0 bridgehead atoms. The normalized spacial score (nSPS) is 14.9. The Labute approximate surface area is 179 Å². The second-order valence-electron chi connectivity index (χ2n) is 7.31. The molecule has 7 N–H and O–H groups in total. The third-order valence-corrected chi connectivity index (χ3v) is 4.70. The molecule has 0 aliphatic rings. The number of carboxylic acid groups (broad SMARTS) is 2. The van der Waals surface area contributed by atoms with Crippen LogP contribution < -0.4 is 21.7 Å². The average molecular weight is 449 g/mol. The summed E-state index contributed by atoms with van der Waals surface area (Å²) in [7, 11) is 0. The molecule has 0 spiro atoms. The van der Waals surface area contributed by atoms with E-state index in [2.05, 4.69) is 16.0 Å². The molecule has 0 aromatic carbocycles. The van der Waals surface area contributed by atoms with E-state index in [1.165, 1.54) is 18.7 Å². The van der Waals surface area contributed by atoms with E-state index in [0.29, 0.717) is 12.2 Å². The number of nitrogens with two attached hydrogens (primary N) is 1. The summed E-state index contributed by atoms with van der Waals surface area (Å²) in [4.78, 5) is 59.0. The second kappa shape index (κ2) is 13.8. The Bertz CT molecular complexity index is 630. The molecule has 0 saturated carbocycles. The Hall–Kier alpha value is -2.34. The highest BCUT2D eigenvalue weighted by Crippen LogP contribution is 2.07. The van der Waals surface area contributed by atoms with Crippen LogP contribution in [-0.4, -0.2) is 76.0 Å². The van der Waals surface area contributed by atoms with Crippen LogP contribution in [0.3, 0.4) is 0 Å². The molecule has 4 atom stereocenters. The van der Waals surface area contributed by atoms with E-state index in [4.69, 9.17) is 15.9 Å². The van der Waals surface area contributed by atoms with Crippen molar-refractivity contribution in [3.05, 3.63) is 0 Å². The molecule has 4 unspecified atom stereocenters. The van der Waals surface area contributed by atoms with Crippen molar-refractivity contribution >= 4 is 41.4 Å². The molecule has 0 aromatic heterocycles. The number of aliphatic carboxylic acids is 2. The average Bonchev–Trinajstić information content (AvgIpc) is 2.63. The molecule has 12 heteroatoms. The molecule has 0 fully saturated rings. The molecule has 0 aromatic rings. The fourth-order valence-corrected chi connectivity index (χ4v) is 2.90. The van der Waals surface area contributed by atoms with E-state index in [1.54, 1.807) is 13.8 Å². The number of carbonyl (C=O) groups is 5. The van der Waals surface area contributed by atoms with E-state index in [9.17, 15) is 24.0 Å². The standard InChI is InChI=1S/C18H32N4O7S/c1-9(2)7-12(17(27)22-13(18(28)29)8-14(23)24)21-15(25)10(3)20-16(26)11(19)5-6-30-4/h9-13H,5-8,19H2,1-4H3,(H,20,26)(H,21,25)(H,22,27)(H,23,24)(H,28,29). The SMILES string of the molecule is CSCCC(N)C(=O)NC(C)C(=O)NC(CC(C)C)C(=O)NC(CC(=O)O)C(=O)O. The molecular weight excluding hydrogens is 416 g/mol. The van der Waals surface area contributed by atoms with Gasteiger partial charge in [0.2, 0.25) is 17.7 Å². The van der Waals surface area contributed by atoms with Gasteiger partial charge in [0.25, 0.3) is 0 Å². The van der Waals surface area contributed by atoms with Crippen molar-refractivity contribution < 1.29 is 34.2 Å². The predicted octanol–water partition coefficient (Wildman–Crippen LogP) is -0.853. The lowest BCUT2D eigenvalue weighted by atomic mass is 10.0. The third kappa shape index (κ3) is 11.0. The zero-order chi connectivity index (χ0) is 23.4. The van der Waals surface area contributed by atoms with E-state index < -0.39 is 60.2 Å². The number of carboxylic acids is 2. The summed E-state index contributed by atoms with van der Waals surface area (Å²) in [5.41, 5.74) is 5.77. The van der Waals surface area contributed by atoms with Gasteiger partial charge in [0.15, 0.2) is 0 Å². The lowest BCUT2D eigenvalue weighted by Gasteiger charge is -2.24. The van der Waals surface area contributed by atoms with Gasteiger partial charge in [-0.15, -0.1) is 0 Å². The van der Waals surface area contributed by atoms with Crippen LogP contribution in [0.4, 0.5) is 0 Å². The Morgan fingerprint density at radius 1 is 0.900 bits per heavy atom. The van der Waals surface area contributed by atoms with E-state index in [1.807, 2.05) is 6.26 Å². The van der Waals surface area contributed by atoms with Crippen molar-refractivity contribution in [3.63, 3.8) is 0 Å². The number of hydrogen-bond acceptors (Lipinski definition) is 7. The zero-order valence-electron chi connectivity index (χ0n) is 17.6. The summed E-state index contributed by atoms with van der Waals surface area (Å²) >= 11 is 1.54. The van der Waals surface area contributed by atoms with Crippen LogP contribution in [0, 0.1) is 5.92 Å². The minimum atomic E-state index is -1.63. The van der Waals surface area contributed by atoms with Gasteiger partial charge in [-0.1, -0.05) is 13.8 Å². The van der Waals surface area contributed by atoms with Crippen LogP contribution in [-0.2, 0) is 24.0 Å². The number of rotatable bonds is 14. The maximum Gasteiger partial charge on any atom is 0.326 e. The van der Waals surface area contributed by atoms with Crippen molar-refractivity contribution in [2.75, 3.05) is 12.0 Å². The highest BCUT2D eigenvalue weighted by Gasteiger charge is 2.30. The van der Waals surface area contributed by atoms with Crippen molar-refractivity contribution in [3.8, 4) is 0 Å². The quantitative estimate of drug-likeness (QED) is 0.197. The first-order chi connectivity index (χ1) is 13.9. The molecule has 0 aliphatic carbocycles. The Kier molecular flexibility index (Phi) is 12.7. The lowest BCUT2D eigenvalue weighted by Crippen LogP contribution is -2.56. The summed E-state index contributed by atoms with van der Waals surface area (Å²) < 4.78 is 0. The molecular formula is C18H32N4O7S. The first-order valence-electron chi connectivity index (χ1n) is 9.49. The van der Waals surface area contributed by atoms with E-state index >= 15 is 0 Å². The largest absolute Gasteiger partial charge is 0.481 e. The molecule has 3 amide bonds. The van der Waals surface area contributed by atoms with Gasteiger partial charge in [0.1, 0.15) is 18.1 Å². The highest BCUT2D eigenvalue weighted by atomic mass is 32.2. The molecule has 30 heavy (non-hydrogen) atoms. The van der Waals surface area contributed by atoms with Crippen molar-refractivity contribution in [1.29, 1.82) is 0 Å². The fourth-order valence-electron chi connectivity index (χ4n) is 2.41. The number of hydrogen-bond donors (Lipinski definition) is 6. The van der Waals surface area contributed by atoms with Crippen molar-refractivity contribution in [2.24, 2.45) is 11.7 Å². The number of amides is 3. The van der Waals surface area contributed by atoms with Crippen LogP contribution in [0.25, 0.3) is 0 Å². The van der Waals surface area contributed by atoms with Crippen LogP contribution in [0.15, 0.2) is 0 Å². The maximum atomic E-state index is 12.5. The van der Waals surface area contributed by atoms with E-state index in [-0.39, 0.29) is 12.3 Å². The first kappa shape index (κ1) is 27.7. The second-order valence-corrected chi connectivity index (χ2v) is 8.29. The Morgan fingerprint density at radius 2 is 1.47 bits per heavy atom. The summed E-state index contributed by atoms with van der Waals surface area (Å²) in [6.07, 6.45) is 1.71. The summed E-state index contributed by atoms with van der Waals surface area (Å²) in [5, 5.41) is 25.0. The number of carbonyl (C=O) groups excluding carboxylic acids is 3. The van der Waals surface area contributed by atoms with Crippen molar-refractivity contribution in [2.45, 2.75) is 64.2 Å².